The van der Waals surface area contributed by atoms with Crippen molar-refractivity contribution in [2.24, 2.45) is 0 Å². The molecule has 7 heteroatoms. The van der Waals surface area contributed by atoms with Gasteiger partial charge in [-0.2, -0.15) is 0 Å². The largest absolute Gasteiger partial charge is 0.497 e. The molecule has 7 nitrogen and oxygen atoms in total. The van der Waals surface area contributed by atoms with Crippen LogP contribution in [0.3, 0.4) is 0 Å². The molecule has 4 rings (SSSR count). The van der Waals surface area contributed by atoms with E-state index < -0.39 is 0 Å². The summed E-state index contributed by atoms with van der Waals surface area (Å²) in [6, 6.07) is 8.06. The number of morpholine rings is 1. The number of aryl methyl sites for hydroxylation is 1. The van der Waals surface area contributed by atoms with Crippen molar-refractivity contribution in [3.8, 4) is 11.4 Å². The Labute approximate surface area is 171 Å². The second kappa shape index (κ2) is 8.80. The van der Waals surface area contributed by atoms with Crippen LogP contribution in [0.1, 0.15) is 17.7 Å². The van der Waals surface area contributed by atoms with Gasteiger partial charge in [0.05, 0.1) is 25.7 Å². The molecule has 1 aromatic carbocycles. The maximum absolute atomic E-state index is 5.42. The molecule has 3 heterocycles. The second-order valence-electron chi connectivity index (χ2n) is 7.40. The highest BCUT2D eigenvalue weighted by molar-refractivity contribution is 5.93. The Hall–Kier alpha value is -2.64. The lowest BCUT2D eigenvalue weighted by Gasteiger charge is -2.26. The van der Waals surface area contributed by atoms with E-state index in [0.717, 1.165) is 74.1 Å². The number of ether oxygens (including phenoxy) is 2. The van der Waals surface area contributed by atoms with Gasteiger partial charge in [0, 0.05) is 31.0 Å². The van der Waals surface area contributed by atoms with Crippen LogP contribution in [0, 0.1) is 13.8 Å². The smallest absolute Gasteiger partial charge is 0.150 e. The van der Waals surface area contributed by atoms with Crippen molar-refractivity contribution >= 4 is 16.9 Å². The molecule has 1 aliphatic heterocycles. The summed E-state index contributed by atoms with van der Waals surface area (Å²) in [6.45, 7) is 9.98. The molecule has 0 saturated carbocycles. The quantitative estimate of drug-likeness (QED) is 0.620. The van der Waals surface area contributed by atoms with Crippen LogP contribution in [-0.4, -0.2) is 65.9 Å². The summed E-state index contributed by atoms with van der Waals surface area (Å²) in [5, 5.41) is 4.63. The highest BCUT2D eigenvalue weighted by Crippen LogP contribution is 2.31. The van der Waals surface area contributed by atoms with Gasteiger partial charge in [0.2, 0.25) is 0 Å². The van der Waals surface area contributed by atoms with Crippen LogP contribution in [-0.2, 0) is 4.74 Å². The topological polar surface area (TPSA) is 64.4 Å². The molecule has 0 unspecified atom stereocenters. The third-order valence-corrected chi connectivity index (χ3v) is 5.67. The Morgan fingerprint density at radius 1 is 1.10 bits per heavy atom. The number of hydrogen-bond acceptors (Lipinski definition) is 6. The summed E-state index contributed by atoms with van der Waals surface area (Å²) in [4.78, 5) is 11.6. The zero-order valence-electron chi connectivity index (χ0n) is 17.4. The van der Waals surface area contributed by atoms with Crippen molar-refractivity contribution in [1.82, 2.24) is 19.4 Å². The Morgan fingerprint density at radius 2 is 1.86 bits per heavy atom. The molecule has 154 valence electrons. The maximum Gasteiger partial charge on any atom is 0.150 e. The van der Waals surface area contributed by atoms with Gasteiger partial charge in [0.1, 0.15) is 17.9 Å². The summed E-state index contributed by atoms with van der Waals surface area (Å²) in [6.07, 6.45) is 2.72. The first-order chi connectivity index (χ1) is 14.2. The van der Waals surface area contributed by atoms with E-state index in [4.69, 9.17) is 9.47 Å². The Bertz CT molecular complexity index is 961. The third kappa shape index (κ3) is 4.06. The Kier molecular flexibility index (Phi) is 5.97. The molecule has 0 bridgehead atoms. The predicted molar refractivity (Wildman–Crippen MR) is 115 cm³/mol. The normalized spacial score (nSPS) is 15.0. The highest BCUT2D eigenvalue weighted by Gasteiger charge is 2.17. The lowest BCUT2D eigenvalue weighted by Crippen LogP contribution is -2.37. The molecular formula is C22H29N5O2. The number of rotatable bonds is 7. The fourth-order valence-corrected chi connectivity index (χ4v) is 3.91. The van der Waals surface area contributed by atoms with Gasteiger partial charge < -0.3 is 14.8 Å². The van der Waals surface area contributed by atoms with Crippen LogP contribution >= 0.6 is 0 Å². The van der Waals surface area contributed by atoms with Crippen molar-refractivity contribution in [3.63, 3.8) is 0 Å². The van der Waals surface area contributed by atoms with Gasteiger partial charge in [-0.1, -0.05) is 0 Å². The highest BCUT2D eigenvalue weighted by atomic mass is 16.5. The first kappa shape index (κ1) is 19.7. The van der Waals surface area contributed by atoms with Crippen molar-refractivity contribution in [2.45, 2.75) is 20.3 Å². The van der Waals surface area contributed by atoms with E-state index >= 15 is 0 Å². The maximum atomic E-state index is 5.42. The van der Waals surface area contributed by atoms with Crippen molar-refractivity contribution in [3.05, 3.63) is 41.9 Å². The molecule has 1 aliphatic rings. The van der Waals surface area contributed by atoms with Crippen LogP contribution in [0.15, 0.2) is 30.6 Å². The van der Waals surface area contributed by atoms with Gasteiger partial charge in [-0.05, 0) is 56.6 Å². The van der Waals surface area contributed by atoms with Gasteiger partial charge in [-0.3, -0.25) is 9.47 Å². The molecule has 29 heavy (non-hydrogen) atoms. The summed E-state index contributed by atoms with van der Waals surface area (Å²) in [5.74, 6) is 1.75. The van der Waals surface area contributed by atoms with E-state index in [2.05, 4.69) is 50.7 Å². The minimum Gasteiger partial charge on any atom is -0.497 e. The van der Waals surface area contributed by atoms with Crippen molar-refractivity contribution < 1.29 is 9.47 Å². The average Bonchev–Trinajstić information content (AvgIpc) is 3.03. The van der Waals surface area contributed by atoms with Crippen LogP contribution in [0.2, 0.25) is 0 Å². The van der Waals surface area contributed by atoms with E-state index in [1.54, 1.807) is 13.4 Å². The van der Waals surface area contributed by atoms with Crippen LogP contribution in [0.5, 0.6) is 5.75 Å². The summed E-state index contributed by atoms with van der Waals surface area (Å²) >= 11 is 0. The lowest BCUT2D eigenvalue weighted by atomic mass is 10.2. The summed E-state index contributed by atoms with van der Waals surface area (Å²) in [7, 11) is 1.68. The van der Waals surface area contributed by atoms with Gasteiger partial charge in [0.25, 0.3) is 0 Å². The Morgan fingerprint density at radius 3 is 2.59 bits per heavy atom. The number of nitrogens with one attached hydrogen (secondary N) is 1. The second-order valence-corrected chi connectivity index (χ2v) is 7.40. The SMILES string of the molecule is COc1ccc(-n2c(C)c(C)c3c(NCCCN4CCOCC4)ncnc32)cc1. The average molecular weight is 396 g/mol. The Balaban J connectivity index is 1.54. The minimum absolute atomic E-state index is 0.844. The van der Waals surface area contributed by atoms with Gasteiger partial charge in [0.15, 0.2) is 5.65 Å². The minimum atomic E-state index is 0.844. The van der Waals surface area contributed by atoms with Crippen LogP contribution < -0.4 is 10.1 Å². The number of nitrogens with zero attached hydrogens (tertiary/aromatic N) is 4. The van der Waals surface area contributed by atoms with E-state index in [1.165, 1.54) is 11.3 Å². The molecular weight excluding hydrogens is 366 g/mol. The van der Waals surface area contributed by atoms with E-state index in [0.29, 0.717) is 0 Å². The zero-order chi connectivity index (χ0) is 20.2. The van der Waals surface area contributed by atoms with Gasteiger partial charge >= 0.3 is 0 Å². The number of anilines is 1. The summed E-state index contributed by atoms with van der Waals surface area (Å²) < 4.78 is 12.9. The summed E-state index contributed by atoms with van der Waals surface area (Å²) in [5.41, 5.74) is 4.36. The molecule has 1 N–H and O–H groups in total. The molecule has 0 aliphatic carbocycles. The zero-order valence-corrected chi connectivity index (χ0v) is 17.4. The molecule has 1 saturated heterocycles. The lowest BCUT2D eigenvalue weighted by molar-refractivity contribution is 0.0378. The number of aromatic nitrogens is 3. The van der Waals surface area contributed by atoms with E-state index in [-0.39, 0.29) is 0 Å². The fraction of sp³-hybridized carbons (Fsp3) is 0.455. The van der Waals surface area contributed by atoms with Gasteiger partial charge in [-0.15, -0.1) is 0 Å². The number of methoxy groups -OCH3 is 1. The molecule has 3 aromatic rings. The first-order valence-corrected chi connectivity index (χ1v) is 10.2. The fourth-order valence-electron chi connectivity index (χ4n) is 3.91. The van der Waals surface area contributed by atoms with Crippen LogP contribution in [0.25, 0.3) is 16.7 Å². The number of hydrogen-bond donors (Lipinski definition) is 1. The molecule has 0 amide bonds. The number of benzene rings is 1. The molecule has 1 fully saturated rings. The molecule has 0 radical (unpaired) electrons. The molecule has 2 aromatic heterocycles. The standard InChI is InChI=1S/C22H29N5O2/c1-16-17(2)27(18-5-7-19(28-3)8-6-18)22-20(16)21(24-15-25-22)23-9-4-10-26-11-13-29-14-12-26/h5-8,15H,4,9-14H2,1-3H3,(H,23,24,25). The molecule has 0 spiro atoms. The van der Waals surface area contributed by atoms with Crippen molar-refractivity contribution in [1.29, 1.82) is 0 Å². The predicted octanol–water partition coefficient (Wildman–Crippen LogP) is 3.18. The van der Waals surface area contributed by atoms with Crippen LogP contribution in [0.4, 0.5) is 5.82 Å². The first-order valence-electron chi connectivity index (χ1n) is 10.2. The third-order valence-electron chi connectivity index (χ3n) is 5.67. The number of fused-ring (bicyclic) bond motifs is 1. The van der Waals surface area contributed by atoms with E-state index in [9.17, 15) is 0 Å². The van der Waals surface area contributed by atoms with Gasteiger partial charge in [-0.25, -0.2) is 9.97 Å². The molecule has 0 atom stereocenters. The monoisotopic (exact) mass is 395 g/mol. The van der Waals surface area contributed by atoms with Crippen molar-refractivity contribution in [2.75, 3.05) is 51.8 Å². The van der Waals surface area contributed by atoms with E-state index in [1.807, 2.05) is 12.1 Å².